The van der Waals surface area contributed by atoms with Crippen molar-refractivity contribution < 1.29 is 47.7 Å². The largest absolute Gasteiger partial charge is 0.469 e. The summed E-state index contributed by atoms with van der Waals surface area (Å²) in [6, 6.07) is 0. The first kappa shape index (κ1) is 77.4. The molecule has 0 aliphatic heterocycles. The third kappa shape index (κ3) is 61.5. The van der Waals surface area contributed by atoms with Crippen molar-refractivity contribution in [3.63, 3.8) is 0 Å². The molecule has 10 nitrogen and oxygen atoms in total. The average molecular weight is 1440 g/mol. The summed E-state index contributed by atoms with van der Waals surface area (Å²) in [4.78, 5) is 71.9. The normalized spacial score (nSPS) is 12.1. The Balaban J connectivity index is 3.42. The minimum absolute atomic E-state index is 0.0518. The van der Waals surface area contributed by atoms with E-state index in [1.54, 1.807) is 0 Å². The molecule has 458 valence electrons. The molecule has 0 unspecified atom stereocenters. The number of alkyl halides is 3. The Kier molecular flexibility index (Phi) is 62.0. The van der Waals surface area contributed by atoms with E-state index in [1.807, 2.05) is 0 Å². The molecular formula is C65H117I3O10. The second-order valence-electron chi connectivity index (χ2n) is 22.5. The van der Waals surface area contributed by atoms with Crippen LogP contribution in [0.15, 0.2) is 0 Å². The lowest BCUT2D eigenvalue weighted by Crippen LogP contribution is -2.05. The maximum atomic E-state index is 12.3. The Bertz CT molecular complexity index is 1400. The summed E-state index contributed by atoms with van der Waals surface area (Å²) in [7, 11) is 1.45. The molecule has 0 N–H and O–H groups in total. The number of hydrogen-bond acceptors (Lipinski definition) is 10. The first-order valence-electron chi connectivity index (χ1n) is 32.5. The molecule has 0 fully saturated rings. The molecule has 0 heterocycles. The van der Waals surface area contributed by atoms with E-state index < -0.39 is 0 Å². The van der Waals surface area contributed by atoms with Gasteiger partial charge in [0.2, 0.25) is 0 Å². The highest BCUT2D eigenvalue weighted by molar-refractivity contribution is 14.1. The van der Waals surface area contributed by atoms with Crippen molar-refractivity contribution in [2.45, 2.75) is 342 Å². The van der Waals surface area contributed by atoms with Crippen LogP contribution in [0.25, 0.3) is 0 Å². The van der Waals surface area contributed by atoms with Crippen molar-refractivity contribution in [3.05, 3.63) is 0 Å². The quantitative estimate of drug-likeness (QED) is 0.0190. The van der Waals surface area contributed by atoms with Gasteiger partial charge in [0.1, 0.15) is 11.6 Å². The number of hydrogen-bond donors (Lipinski definition) is 0. The van der Waals surface area contributed by atoms with Gasteiger partial charge in [-0.25, -0.2) is 0 Å². The van der Waals surface area contributed by atoms with Crippen molar-refractivity contribution in [1.29, 1.82) is 0 Å². The lowest BCUT2D eigenvalue weighted by Gasteiger charge is -2.10. The Morgan fingerprint density at radius 1 is 0.269 bits per heavy atom. The van der Waals surface area contributed by atoms with Crippen molar-refractivity contribution in [3.8, 4) is 0 Å². The predicted octanol–water partition coefficient (Wildman–Crippen LogP) is 20.3. The first-order valence-corrected chi connectivity index (χ1v) is 36.5. The number of ketones is 2. The Hall–Kier alpha value is -0.590. The van der Waals surface area contributed by atoms with Crippen LogP contribution in [0.3, 0.4) is 0 Å². The molecule has 0 rings (SSSR count). The molecule has 0 bridgehead atoms. The minimum Gasteiger partial charge on any atom is -0.469 e. The minimum atomic E-state index is -0.0987. The zero-order valence-corrected chi connectivity index (χ0v) is 56.4. The Morgan fingerprint density at radius 2 is 0.474 bits per heavy atom. The number of carbonyl (C=O) groups excluding carboxylic acids is 6. The van der Waals surface area contributed by atoms with Crippen LogP contribution in [0.2, 0.25) is 0 Å². The number of ether oxygens (including phenoxy) is 4. The summed E-state index contributed by atoms with van der Waals surface area (Å²) in [5, 5.41) is 0. The van der Waals surface area contributed by atoms with Crippen LogP contribution in [0, 0.1) is 0 Å². The standard InChI is InChI=1S/C65H117I3O10/c1-75-62(71)50-34-14-6-2-10-26-42-58(67)44-28-19-23-39-55-77-64(73)53-37-17-9-5-13-31-47-61(70)49-33-21-25-41-57-78-65(74)51-35-15-7-3-11-27-43-59(68)45-29-20-24-40-56-76-63(72)52-36-16-8-4-12-30-46-60(69)48-32-18-22-38-54-66/h58-59H,2-57H2,1H3/t58-,59-/m0/s1. The number of Topliss-reactive ketones (excluding diaryl/α,β-unsaturated/α-hetero) is 2. The number of methoxy groups -OCH3 is 1. The monoisotopic (exact) mass is 1440 g/mol. The molecule has 0 saturated carbocycles. The van der Waals surface area contributed by atoms with Crippen molar-refractivity contribution in [2.24, 2.45) is 0 Å². The van der Waals surface area contributed by atoms with Crippen LogP contribution in [0.5, 0.6) is 0 Å². The number of halogens is 3. The summed E-state index contributed by atoms with van der Waals surface area (Å²) in [5.41, 5.74) is 0. The van der Waals surface area contributed by atoms with E-state index in [1.165, 1.54) is 134 Å². The van der Waals surface area contributed by atoms with Gasteiger partial charge in [-0.1, -0.05) is 248 Å². The lowest BCUT2D eigenvalue weighted by atomic mass is 10.0. The third-order valence-corrected chi connectivity index (χ3v) is 18.3. The van der Waals surface area contributed by atoms with Gasteiger partial charge in [0.05, 0.1) is 26.9 Å². The zero-order chi connectivity index (χ0) is 57.0. The first-order chi connectivity index (χ1) is 38.1. The Labute approximate surface area is 519 Å². The molecule has 2 atom stereocenters. The highest BCUT2D eigenvalue weighted by atomic mass is 127. The molecule has 0 aromatic rings. The van der Waals surface area contributed by atoms with Gasteiger partial charge in [0, 0.05) is 59.2 Å². The van der Waals surface area contributed by atoms with Gasteiger partial charge in [-0.15, -0.1) is 0 Å². The molecule has 0 aromatic heterocycles. The van der Waals surface area contributed by atoms with Crippen molar-refractivity contribution in [2.75, 3.05) is 31.4 Å². The van der Waals surface area contributed by atoms with Gasteiger partial charge in [0.25, 0.3) is 0 Å². The van der Waals surface area contributed by atoms with Gasteiger partial charge in [0.15, 0.2) is 0 Å². The molecule has 0 aromatic carbocycles. The van der Waals surface area contributed by atoms with Crippen LogP contribution in [-0.2, 0) is 47.7 Å². The van der Waals surface area contributed by atoms with Gasteiger partial charge >= 0.3 is 23.9 Å². The number of unbranched alkanes of at least 4 members (excludes halogenated alkanes) is 32. The predicted molar refractivity (Wildman–Crippen MR) is 349 cm³/mol. The summed E-state index contributed by atoms with van der Waals surface area (Å²) in [6.45, 7) is 1.58. The van der Waals surface area contributed by atoms with E-state index >= 15 is 0 Å². The van der Waals surface area contributed by atoms with E-state index in [-0.39, 0.29) is 23.9 Å². The van der Waals surface area contributed by atoms with Gasteiger partial charge in [-0.3, -0.25) is 28.8 Å². The van der Waals surface area contributed by atoms with Crippen LogP contribution >= 0.6 is 67.8 Å². The fraction of sp³-hybridized carbons (Fsp3) is 0.908. The lowest BCUT2D eigenvalue weighted by molar-refractivity contribution is -0.144. The molecule has 0 saturated heterocycles. The van der Waals surface area contributed by atoms with Gasteiger partial charge in [-0.05, 0) is 107 Å². The molecule has 13 heteroatoms. The summed E-state index contributed by atoms with van der Waals surface area (Å²) < 4.78 is 23.8. The smallest absolute Gasteiger partial charge is 0.305 e. The SMILES string of the molecule is COC(=O)CCCCCCCC[C@H](I)CCCCCCOC(=O)CCCCCCCCC(=O)CCCCCCOC(=O)CCCCCCCC[C@H](I)CCCCCCOC(=O)CCCCCCCCC(=O)CCCCCCI. The van der Waals surface area contributed by atoms with Crippen molar-refractivity contribution >= 4 is 103 Å². The summed E-state index contributed by atoms with van der Waals surface area (Å²) >= 11 is 7.63. The number of esters is 4. The fourth-order valence-electron chi connectivity index (χ4n) is 9.89. The number of carbonyl (C=O) groups is 6. The maximum Gasteiger partial charge on any atom is 0.305 e. The third-order valence-electron chi connectivity index (χ3n) is 15.0. The molecular weight excluding hydrogens is 1320 g/mol. The van der Waals surface area contributed by atoms with E-state index in [4.69, 9.17) is 18.9 Å². The van der Waals surface area contributed by atoms with Crippen LogP contribution in [-0.4, -0.2) is 74.7 Å². The van der Waals surface area contributed by atoms with Crippen LogP contribution < -0.4 is 0 Å². The fourth-order valence-corrected chi connectivity index (χ4v) is 12.2. The van der Waals surface area contributed by atoms with Crippen molar-refractivity contribution in [1.82, 2.24) is 0 Å². The molecule has 0 aliphatic carbocycles. The van der Waals surface area contributed by atoms with Gasteiger partial charge < -0.3 is 18.9 Å². The van der Waals surface area contributed by atoms with Crippen LogP contribution in [0.4, 0.5) is 0 Å². The molecule has 0 aliphatic rings. The molecule has 0 spiro atoms. The second-order valence-corrected chi connectivity index (χ2v) is 27.1. The van der Waals surface area contributed by atoms with E-state index in [0.717, 1.165) is 181 Å². The molecule has 0 radical (unpaired) electrons. The van der Waals surface area contributed by atoms with E-state index in [0.29, 0.717) is 69.9 Å². The highest BCUT2D eigenvalue weighted by Crippen LogP contribution is 2.22. The topological polar surface area (TPSA) is 139 Å². The summed E-state index contributed by atoms with van der Waals surface area (Å²) in [6.07, 6.45) is 54.2. The maximum absolute atomic E-state index is 12.3. The highest BCUT2D eigenvalue weighted by Gasteiger charge is 2.10. The Morgan fingerprint density at radius 3 is 0.731 bits per heavy atom. The summed E-state index contributed by atoms with van der Waals surface area (Å²) in [5.74, 6) is 0.506. The second kappa shape index (κ2) is 62.5. The van der Waals surface area contributed by atoms with Gasteiger partial charge in [-0.2, -0.15) is 0 Å². The number of rotatable bonds is 63. The van der Waals surface area contributed by atoms with E-state index in [2.05, 4.69) is 67.8 Å². The van der Waals surface area contributed by atoms with E-state index in [9.17, 15) is 28.8 Å². The average Bonchev–Trinajstić information content (AvgIpc) is 3.42. The molecule has 78 heavy (non-hydrogen) atoms. The zero-order valence-electron chi connectivity index (χ0n) is 50.0. The van der Waals surface area contributed by atoms with Crippen LogP contribution in [0.1, 0.15) is 334 Å². The molecule has 0 amide bonds.